The maximum Gasteiger partial charge on any atom is 0.343 e. The number of esters is 2. The predicted molar refractivity (Wildman–Crippen MR) is 76.6 cm³/mol. The highest BCUT2D eigenvalue weighted by atomic mass is 79.9. The summed E-state index contributed by atoms with van der Waals surface area (Å²) in [6, 6.07) is 2.73. The molecule has 1 rings (SSSR count). The van der Waals surface area contributed by atoms with Gasteiger partial charge in [0.25, 0.3) is 0 Å². The van der Waals surface area contributed by atoms with Crippen LogP contribution < -0.4 is 9.47 Å². The fourth-order valence-corrected chi connectivity index (χ4v) is 1.95. The van der Waals surface area contributed by atoms with E-state index in [4.69, 9.17) is 9.47 Å². The van der Waals surface area contributed by atoms with Gasteiger partial charge in [0.05, 0.1) is 3.74 Å². The van der Waals surface area contributed by atoms with Gasteiger partial charge in [0.15, 0.2) is 0 Å². The van der Waals surface area contributed by atoms with Gasteiger partial charge in [-0.05, 0) is 17.7 Å². The Hall–Kier alpha value is -1.41. The largest absolute Gasteiger partial charge is 0.477 e. The van der Waals surface area contributed by atoms with Crippen LogP contribution in [0.15, 0.2) is 12.1 Å². The lowest BCUT2D eigenvalue weighted by atomic mass is 10.1. The number of alkyl halides is 2. The summed E-state index contributed by atoms with van der Waals surface area (Å²) in [5, 5.41) is 9.20. The number of benzene rings is 1. The number of carbonyl (C=O) groups excluding carboxylic acids is 2. The molecule has 0 fully saturated rings. The number of hydrogen-bond donors (Lipinski definition) is 1. The van der Waals surface area contributed by atoms with Gasteiger partial charge in [-0.15, -0.1) is 0 Å². The van der Waals surface area contributed by atoms with Crippen molar-refractivity contribution in [3.05, 3.63) is 23.3 Å². The molecule has 0 amide bonds. The van der Waals surface area contributed by atoms with Crippen LogP contribution in [-0.2, 0) is 9.59 Å². The molecule has 1 N–H and O–H groups in total. The fraction of sp³-hybridized carbons (Fsp3) is 0.250. The monoisotopic (exact) mass is 408 g/mol. The van der Waals surface area contributed by atoms with E-state index in [0.29, 0.717) is 5.56 Å². The molecule has 0 saturated heterocycles. The lowest BCUT2D eigenvalue weighted by Crippen LogP contribution is -2.12. The average molecular weight is 410 g/mol. The van der Waals surface area contributed by atoms with Gasteiger partial charge >= 0.3 is 17.9 Å². The van der Waals surface area contributed by atoms with E-state index in [1.54, 1.807) is 0 Å². The average Bonchev–Trinajstić information content (AvgIpc) is 2.25. The standard InChI is InChI=1S/C12H10Br2O6/c1-5(15)19-8-3-7(11(13)14)4-9(20-6(2)16)10(8)12(17)18/h3-4,11H,1-2H3,(H,17,18). The Morgan fingerprint density at radius 2 is 1.45 bits per heavy atom. The second kappa shape index (κ2) is 6.85. The van der Waals surface area contributed by atoms with Crippen molar-refractivity contribution in [1.29, 1.82) is 0 Å². The molecule has 108 valence electrons. The lowest BCUT2D eigenvalue weighted by molar-refractivity contribution is -0.132. The number of halogens is 2. The third-order valence-corrected chi connectivity index (χ3v) is 3.12. The van der Waals surface area contributed by atoms with Crippen LogP contribution in [0.3, 0.4) is 0 Å². The van der Waals surface area contributed by atoms with E-state index in [0.717, 1.165) is 13.8 Å². The molecule has 0 atom stereocenters. The Morgan fingerprint density at radius 3 is 1.70 bits per heavy atom. The van der Waals surface area contributed by atoms with Crippen LogP contribution in [0, 0.1) is 0 Å². The van der Waals surface area contributed by atoms with Crippen molar-refractivity contribution in [2.45, 2.75) is 17.6 Å². The highest BCUT2D eigenvalue weighted by molar-refractivity contribution is 9.24. The first kappa shape index (κ1) is 16.6. The van der Waals surface area contributed by atoms with Crippen LogP contribution in [0.25, 0.3) is 0 Å². The van der Waals surface area contributed by atoms with Crippen LogP contribution in [0.4, 0.5) is 0 Å². The summed E-state index contributed by atoms with van der Waals surface area (Å²) in [5.41, 5.74) is 0.141. The SMILES string of the molecule is CC(=O)Oc1cc(C(Br)Br)cc(OC(C)=O)c1C(=O)O. The molecule has 0 saturated carbocycles. The van der Waals surface area contributed by atoms with Gasteiger partial charge in [-0.1, -0.05) is 31.9 Å². The highest BCUT2D eigenvalue weighted by Crippen LogP contribution is 2.38. The van der Waals surface area contributed by atoms with Crippen molar-refractivity contribution in [1.82, 2.24) is 0 Å². The zero-order chi connectivity index (χ0) is 15.4. The minimum absolute atomic E-state index is 0.192. The number of rotatable bonds is 4. The molecular formula is C12H10Br2O6. The summed E-state index contributed by atoms with van der Waals surface area (Å²) in [7, 11) is 0. The third kappa shape index (κ3) is 4.31. The van der Waals surface area contributed by atoms with Crippen molar-refractivity contribution < 1.29 is 29.0 Å². The minimum atomic E-state index is -1.37. The fourth-order valence-electron chi connectivity index (χ4n) is 1.42. The molecule has 20 heavy (non-hydrogen) atoms. The third-order valence-electron chi connectivity index (χ3n) is 2.06. The summed E-state index contributed by atoms with van der Waals surface area (Å²) in [4.78, 5) is 33.4. The molecule has 0 aromatic heterocycles. The maximum atomic E-state index is 11.3. The van der Waals surface area contributed by atoms with Gasteiger partial charge < -0.3 is 14.6 Å². The van der Waals surface area contributed by atoms with Gasteiger partial charge in [-0.3, -0.25) is 9.59 Å². The van der Waals surface area contributed by atoms with Gasteiger partial charge in [0.2, 0.25) is 0 Å². The minimum Gasteiger partial charge on any atom is -0.477 e. The molecule has 1 aromatic carbocycles. The topological polar surface area (TPSA) is 89.9 Å². The van der Waals surface area contributed by atoms with Crippen molar-refractivity contribution in [2.75, 3.05) is 0 Å². The van der Waals surface area contributed by atoms with E-state index < -0.39 is 17.9 Å². The zero-order valence-electron chi connectivity index (χ0n) is 10.5. The van der Waals surface area contributed by atoms with Crippen LogP contribution >= 0.6 is 31.9 Å². The molecule has 0 unspecified atom stereocenters. The Morgan fingerprint density at radius 1 is 1.05 bits per heavy atom. The molecule has 0 spiro atoms. The predicted octanol–water partition coefficient (Wildman–Crippen LogP) is 3.02. The van der Waals surface area contributed by atoms with Gasteiger partial charge in [-0.2, -0.15) is 0 Å². The van der Waals surface area contributed by atoms with E-state index in [1.165, 1.54) is 12.1 Å². The van der Waals surface area contributed by atoms with E-state index in [-0.39, 0.29) is 20.8 Å². The number of carboxylic acid groups (broad SMARTS) is 1. The molecule has 0 aliphatic rings. The van der Waals surface area contributed by atoms with E-state index in [1.807, 2.05) is 0 Å². The zero-order valence-corrected chi connectivity index (χ0v) is 13.6. The van der Waals surface area contributed by atoms with Crippen molar-refractivity contribution in [2.24, 2.45) is 0 Å². The Bertz CT molecular complexity index is 530. The summed E-state index contributed by atoms with van der Waals surface area (Å²) < 4.78 is 9.40. The van der Waals surface area contributed by atoms with Crippen LogP contribution in [0.1, 0.15) is 33.5 Å². The normalized spacial score (nSPS) is 10.2. The quantitative estimate of drug-likeness (QED) is 0.467. The first-order valence-corrected chi connectivity index (χ1v) is 7.11. The lowest BCUT2D eigenvalue weighted by Gasteiger charge is -2.13. The molecule has 0 heterocycles. The second-order valence-corrected chi connectivity index (χ2v) is 6.75. The molecule has 8 heteroatoms. The van der Waals surface area contributed by atoms with Crippen molar-refractivity contribution in [3.8, 4) is 11.5 Å². The first-order valence-electron chi connectivity index (χ1n) is 5.28. The first-order chi connectivity index (χ1) is 9.22. The summed E-state index contributed by atoms with van der Waals surface area (Å²) in [6.45, 7) is 2.28. The molecule has 0 radical (unpaired) electrons. The number of aromatic carboxylic acids is 1. The Balaban J connectivity index is 3.51. The number of carboxylic acids is 1. The number of hydrogen-bond acceptors (Lipinski definition) is 5. The summed E-state index contributed by atoms with van der Waals surface area (Å²) in [6.07, 6.45) is 0. The molecular weight excluding hydrogens is 400 g/mol. The van der Waals surface area contributed by atoms with E-state index in [2.05, 4.69) is 31.9 Å². The van der Waals surface area contributed by atoms with Crippen LogP contribution in [0.2, 0.25) is 0 Å². The highest BCUT2D eigenvalue weighted by Gasteiger charge is 2.23. The summed E-state index contributed by atoms with van der Waals surface area (Å²) >= 11 is 6.47. The second-order valence-electron chi connectivity index (χ2n) is 3.69. The van der Waals surface area contributed by atoms with E-state index >= 15 is 0 Å². The van der Waals surface area contributed by atoms with Crippen molar-refractivity contribution in [3.63, 3.8) is 0 Å². The van der Waals surface area contributed by atoms with E-state index in [9.17, 15) is 19.5 Å². The maximum absolute atomic E-state index is 11.3. The van der Waals surface area contributed by atoms with Gasteiger partial charge in [0, 0.05) is 13.8 Å². The van der Waals surface area contributed by atoms with Crippen molar-refractivity contribution >= 4 is 49.8 Å². The smallest absolute Gasteiger partial charge is 0.343 e. The Kier molecular flexibility index (Phi) is 5.70. The molecule has 0 aliphatic carbocycles. The number of ether oxygens (including phenoxy) is 2. The molecule has 0 bridgehead atoms. The van der Waals surface area contributed by atoms with Gasteiger partial charge in [-0.25, -0.2) is 4.79 Å². The Labute approximate surface area is 131 Å². The molecule has 6 nitrogen and oxygen atoms in total. The van der Waals surface area contributed by atoms with Gasteiger partial charge in [0.1, 0.15) is 17.1 Å². The van der Waals surface area contributed by atoms with Crippen LogP contribution in [0.5, 0.6) is 11.5 Å². The number of carbonyl (C=O) groups is 3. The van der Waals surface area contributed by atoms with Crippen LogP contribution in [-0.4, -0.2) is 23.0 Å². The molecule has 0 aliphatic heterocycles. The molecule has 1 aromatic rings. The summed E-state index contributed by atoms with van der Waals surface area (Å²) in [5.74, 6) is -3.12.